The number of likely N-dealkylation sites (tertiary alicyclic amines) is 1. The fourth-order valence-electron chi connectivity index (χ4n) is 1.78. The lowest BCUT2D eigenvalue weighted by molar-refractivity contribution is 0.187. The second-order valence-corrected chi connectivity index (χ2v) is 4.75. The Balaban J connectivity index is 2.55. The summed E-state index contributed by atoms with van der Waals surface area (Å²) in [7, 11) is 2.02. The van der Waals surface area contributed by atoms with Crippen molar-refractivity contribution >= 4 is 6.03 Å². The molecule has 0 aliphatic carbocycles. The maximum atomic E-state index is 11.6. The first-order chi connectivity index (χ1) is 7.47. The van der Waals surface area contributed by atoms with E-state index in [4.69, 9.17) is 0 Å². The molecule has 1 fully saturated rings. The highest BCUT2D eigenvalue weighted by Gasteiger charge is 2.35. The monoisotopic (exact) mass is 224 g/mol. The van der Waals surface area contributed by atoms with Crippen LogP contribution in [-0.2, 0) is 0 Å². The third-order valence-corrected chi connectivity index (χ3v) is 2.83. The van der Waals surface area contributed by atoms with Crippen molar-refractivity contribution in [1.29, 1.82) is 5.26 Å². The van der Waals surface area contributed by atoms with Gasteiger partial charge in [0.05, 0.1) is 6.07 Å². The molecular formula is C11H20N4O. The number of urea groups is 1. The Morgan fingerprint density at radius 3 is 2.44 bits per heavy atom. The largest absolute Gasteiger partial charge is 0.336 e. The van der Waals surface area contributed by atoms with Crippen LogP contribution in [-0.4, -0.2) is 42.6 Å². The zero-order valence-electron chi connectivity index (χ0n) is 10.2. The van der Waals surface area contributed by atoms with E-state index < -0.39 is 5.54 Å². The van der Waals surface area contributed by atoms with E-state index >= 15 is 0 Å². The molecule has 16 heavy (non-hydrogen) atoms. The lowest BCUT2D eigenvalue weighted by atomic mass is 9.89. The molecule has 0 atom stereocenters. The topological polar surface area (TPSA) is 68.2 Å². The Hall–Kier alpha value is -1.28. The number of nitrogens with zero attached hydrogens (tertiary/aromatic N) is 2. The van der Waals surface area contributed by atoms with E-state index in [1.54, 1.807) is 0 Å². The van der Waals surface area contributed by atoms with Gasteiger partial charge in [-0.05, 0) is 33.7 Å². The van der Waals surface area contributed by atoms with Crippen LogP contribution in [0.4, 0.5) is 4.79 Å². The van der Waals surface area contributed by atoms with Gasteiger partial charge in [-0.15, -0.1) is 0 Å². The molecule has 1 rings (SSSR count). The van der Waals surface area contributed by atoms with E-state index in [2.05, 4.69) is 21.6 Å². The number of amides is 2. The summed E-state index contributed by atoms with van der Waals surface area (Å²) in [6.45, 7) is 5.48. The minimum absolute atomic E-state index is 0.0852. The second kappa shape index (κ2) is 5.17. The average Bonchev–Trinajstić information content (AvgIpc) is 2.21. The smallest absolute Gasteiger partial charge is 0.316 e. The molecule has 0 aromatic heterocycles. The molecule has 0 aromatic rings. The van der Waals surface area contributed by atoms with Gasteiger partial charge < -0.3 is 15.5 Å². The molecule has 2 amide bonds. The number of piperidine rings is 1. The molecule has 0 unspecified atom stereocenters. The number of hydrogen-bond donors (Lipinski definition) is 2. The van der Waals surface area contributed by atoms with Crippen LogP contribution in [0.2, 0.25) is 0 Å². The predicted molar refractivity (Wildman–Crippen MR) is 61.9 cm³/mol. The van der Waals surface area contributed by atoms with Crippen molar-refractivity contribution in [2.75, 3.05) is 20.1 Å². The van der Waals surface area contributed by atoms with E-state index in [9.17, 15) is 10.1 Å². The van der Waals surface area contributed by atoms with Crippen molar-refractivity contribution in [2.24, 2.45) is 0 Å². The maximum Gasteiger partial charge on any atom is 0.316 e. The zero-order chi connectivity index (χ0) is 12.2. The standard InChI is InChI=1S/C11H20N4O/c1-9(2)13-10(16)14-11(8-12)4-6-15(3)7-5-11/h9H,4-7H2,1-3H3,(H2,13,14,16). The molecule has 1 aliphatic rings. The molecule has 0 aromatic carbocycles. The van der Waals surface area contributed by atoms with Gasteiger partial charge in [0.15, 0.2) is 0 Å². The first-order valence-electron chi connectivity index (χ1n) is 5.66. The molecule has 90 valence electrons. The number of carbonyl (C=O) groups excluding carboxylic acids is 1. The van der Waals surface area contributed by atoms with Crippen molar-refractivity contribution in [1.82, 2.24) is 15.5 Å². The van der Waals surface area contributed by atoms with E-state index in [1.165, 1.54) is 0 Å². The van der Waals surface area contributed by atoms with Gasteiger partial charge in [-0.25, -0.2) is 4.79 Å². The molecule has 5 heteroatoms. The number of rotatable bonds is 2. The molecule has 0 saturated carbocycles. The molecule has 0 bridgehead atoms. The van der Waals surface area contributed by atoms with Gasteiger partial charge in [0.2, 0.25) is 0 Å². The molecular weight excluding hydrogens is 204 g/mol. The minimum Gasteiger partial charge on any atom is -0.336 e. The average molecular weight is 224 g/mol. The van der Waals surface area contributed by atoms with Gasteiger partial charge >= 0.3 is 6.03 Å². The Labute approximate surface area is 96.8 Å². The lowest BCUT2D eigenvalue weighted by Crippen LogP contribution is -2.57. The highest BCUT2D eigenvalue weighted by Crippen LogP contribution is 2.20. The molecule has 5 nitrogen and oxygen atoms in total. The summed E-state index contributed by atoms with van der Waals surface area (Å²) >= 11 is 0. The molecule has 1 heterocycles. The van der Waals surface area contributed by atoms with Crippen LogP contribution in [0.15, 0.2) is 0 Å². The van der Waals surface area contributed by atoms with Crippen LogP contribution < -0.4 is 10.6 Å². The highest BCUT2D eigenvalue weighted by molar-refractivity contribution is 5.75. The van der Waals surface area contributed by atoms with Gasteiger partial charge in [0.1, 0.15) is 5.54 Å². The third kappa shape index (κ3) is 3.38. The second-order valence-electron chi connectivity index (χ2n) is 4.75. The molecule has 1 aliphatic heterocycles. The van der Waals surface area contributed by atoms with Crippen LogP contribution >= 0.6 is 0 Å². The van der Waals surface area contributed by atoms with Crippen LogP contribution in [0.5, 0.6) is 0 Å². The van der Waals surface area contributed by atoms with Crippen LogP contribution in [0.1, 0.15) is 26.7 Å². The first kappa shape index (κ1) is 12.8. The zero-order valence-corrected chi connectivity index (χ0v) is 10.2. The molecule has 0 spiro atoms. The summed E-state index contributed by atoms with van der Waals surface area (Å²) in [5.74, 6) is 0. The van der Waals surface area contributed by atoms with Gasteiger partial charge in [-0.2, -0.15) is 5.26 Å². The van der Waals surface area contributed by atoms with Crippen molar-refractivity contribution < 1.29 is 4.79 Å². The number of hydrogen-bond acceptors (Lipinski definition) is 3. The molecule has 1 saturated heterocycles. The quantitative estimate of drug-likeness (QED) is 0.725. The highest BCUT2D eigenvalue weighted by atomic mass is 16.2. The fraction of sp³-hybridized carbons (Fsp3) is 0.818. The van der Waals surface area contributed by atoms with E-state index in [1.807, 2.05) is 20.9 Å². The van der Waals surface area contributed by atoms with Gasteiger partial charge in [0.25, 0.3) is 0 Å². The van der Waals surface area contributed by atoms with Crippen molar-refractivity contribution in [3.8, 4) is 6.07 Å². The molecule has 2 N–H and O–H groups in total. The van der Waals surface area contributed by atoms with Crippen LogP contribution in [0, 0.1) is 11.3 Å². The van der Waals surface area contributed by atoms with E-state index in [-0.39, 0.29) is 12.1 Å². The van der Waals surface area contributed by atoms with E-state index in [0.29, 0.717) is 12.8 Å². The van der Waals surface area contributed by atoms with E-state index in [0.717, 1.165) is 13.1 Å². The number of nitrogens with one attached hydrogen (secondary N) is 2. The summed E-state index contributed by atoms with van der Waals surface area (Å²) in [5.41, 5.74) is -0.689. The Morgan fingerprint density at radius 2 is 2.00 bits per heavy atom. The van der Waals surface area contributed by atoms with Crippen molar-refractivity contribution in [3.05, 3.63) is 0 Å². The van der Waals surface area contributed by atoms with Crippen LogP contribution in [0.3, 0.4) is 0 Å². The first-order valence-corrected chi connectivity index (χ1v) is 5.66. The maximum absolute atomic E-state index is 11.6. The normalized spacial score (nSPS) is 20.2. The van der Waals surface area contributed by atoms with Crippen LogP contribution in [0.25, 0.3) is 0 Å². The van der Waals surface area contributed by atoms with Gasteiger partial charge in [-0.3, -0.25) is 0 Å². The van der Waals surface area contributed by atoms with Crippen molar-refractivity contribution in [2.45, 2.75) is 38.3 Å². The molecule has 0 radical (unpaired) electrons. The Kier molecular flexibility index (Phi) is 4.13. The lowest BCUT2D eigenvalue weighted by Gasteiger charge is -2.36. The van der Waals surface area contributed by atoms with Gasteiger partial charge in [0, 0.05) is 19.1 Å². The van der Waals surface area contributed by atoms with Gasteiger partial charge in [-0.1, -0.05) is 0 Å². The number of carbonyl (C=O) groups is 1. The van der Waals surface area contributed by atoms with Crippen molar-refractivity contribution in [3.63, 3.8) is 0 Å². The minimum atomic E-state index is -0.689. The fourth-order valence-corrected chi connectivity index (χ4v) is 1.78. The predicted octanol–water partition coefficient (Wildman–Crippen LogP) is 0.682. The summed E-state index contributed by atoms with van der Waals surface area (Å²) < 4.78 is 0. The third-order valence-electron chi connectivity index (χ3n) is 2.83. The Bertz CT molecular complexity index is 287. The Morgan fingerprint density at radius 1 is 1.44 bits per heavy atom. The summed E-state index contributed by atoms with van der Waals surface area (Å²) in [5, 5.41) is 14.7. The summed E-state index contributed by atoms with van der Waals surface area (Å²) in [6, 6.07) is 2.08. The SMILES string of the molecule is CC(C)NC(=O)NC1(C#N)CCN(C)CC1. The number of nitriles is 1. The summed E-state index contributed by atoms with van der Waals surface area (Å²) in [4.78, 5) is 13.7. The summed E-state index contributed by atoms with van der Waals surface area (Å²) in [6.07, 6.45) is 1.37.